The molecule has 0 saturated carbocycles. The van der Waals surface area contributed by atoms with Gasteiger partial charge in [0.2, 0.25) is 0 Å². The van der Waals surface area contributed by atoms with Crippen molar-refractivity contribution in [3.8, 4) is 0 Å². The summed E-state index contributed by atoms with van der Waals surface area (Å²) < 4.78 is 0. The maximum Gasteiger partial charge on any atom is 0.0602 e. The molecule has 0 aromatic carbocycles. The van der Waals surface area contributed by atoms with Gasteiger partial charge in [0.15, 0.2) is 0 Å². The van der Waals surface area contributed by atoms with Crippen LogP contribution in [0.5, 0.6) is 0 Å². The van der Waals surface area contributed by atoms with E-state index in [1.54, 1.807) is 18.7 Å². The lowest BCUT2D eigenvalue weighted by Crippen LogP contribution is -2.02. The summed E-state index contributed by atoms with van der Waals surface area (Å²) in [6.45, 7) is 4.33. The third-order valence-corrected chi connectivity index (χ3v) is 2.70. The van der Waals surface area contributed by atoms with Crippen molar-refractivity contribution in [1.82, 2.24) is 0 Å². The van der Waals surface area contributed by atoms with E-state index in [1.165, 1.54) is 5.57 Å². The van der Waals surface area contributed by atoms with Gasteiger partial charge in [-0.15, -0.1) is 0 Å². The van der Waals surface area contributed by atoms with Gasteiger partial charge in [0.1, 0.15) is 0 Å². The van der Waals surface area contributed by atoms with Crippen LogP contribution >= 0.6 is 11.8 Å². The molecule has 1 N–H and O–H groups in total. The Morgan fingerprint density at radius 1 is 1.71 bits per heavy atom. The molecule has 80 valence electrons. The fraction of sp³-hybridized carbons (Fsp3) is 0.778. The quantitative estimate of drug-likeness (QED) is 0.233. The van der Waals surface area contributed by atoms with Crippen molar-refractivity contribution in [2.75, 3.05) is 18.1 Å². The van der Waals surface area contributed by atoms with Crippen molar-refractivity contribution in [1.29, 1.82) is 0 Å². The molecular weight excluding hydrogens is 198 g/mol. The molecule has 5 heteroatoms. The highest BCUT2D eigenvalue weighted by molar-refractivity contribution is 7.99. The van der Waals surface area contributed by atoms with Crippen LogP contribution in [-0.4, -0.2) is 29.3 Å². The van der Waals surface area contributed by atoms with Gasteiger partial charge in [-0.05, 0) is 25.8 Å². The zero-order valence-electron chi connectivity index (χ0n) is 8.68. The number of hydrogen-bond donors (Lipinski definition) is 1. The van der Waals surface area contributed by atoms with Crippen LogP contribution in [0.1, 0.15) is 20.3 Å². The SMILES string of the molecule is C/C(=C\CSCC(C)O)CCN=[N+]=[N-]. The topological polar surface area (TPSA) is 69.0 Å². The van der Waals surface area contributed by atoms with E-state index in [-0.39, 0.29) is 6.10 Å². The average molecular weight is 215 g/mol. The molecular formula is C9H17N3OS. The third-order valence-electron chi connectivity index (χ3n) is 1.58. The molecule has 0 aliphatic carbocycles. The molecule has 0 heterocycles. The van der Waals surface area contributed by atoms with Crippen LogP contribution in [0.4, 0.5) is 0 Å². The first-order valence-electron chi connectivity index (χ1n) is 4.59. The predicted octanol–water partition coefficient (Wildman–Crippen LogP) is 2.75. The molecule has 0 radical (unpaired) electrons. The summed E-state index contributed by atoms with van der Waals surface area (Å²) in [6, 6.07) is 0. The Hall–Kier alpha value is -0.640. The highest BCUT2D eigenvalue weighted by Gasteiger charge is 1.94. The summed E-state index contributed by atoms with van der Waals surface area (Å²) in [6.07, 6.45) is 2.69. The highest BCUT2D eigenvalue weighted by atomic mass is 32.2. The molecule has 0 saturated heterocycles. The second-order valence-electron chi connectivity index (χ2n) is 3.14. The molecule has 0 aromatic rings. The van der Waals surface area contributed by atoms with E-state index in [2.05, 4.69) is 16.1 Å². The summed E-state index contributed by atoms with van der Waals surface area (Å²) in [4.78, 5) is 2.69. The van der Waals surface area contributed by atoms with Crippen LogP contribution in [0, 0.1) is 0 Å². The van der Waals surface area contributed by atoms with E-state index < -0.39 is 0 Å². The zero-order chi connectivity index (χ0) is 10.8. The van der Waals surface area contributed by atoms with Crippen LogP contribution in [-0.2, 0) is 0 Å². The third kappa shape index (κ3) is 9.45. The van der Waals surface area contributed by atoms with Crippen LogP contribution in [0.25, 0.3) is 10.4 Å². The van der Waals surface area contributed by atoms with Crippen molar-refractivity contribution in [3.63, 3.8) is 0 Å². The lowest BCUT2D eigenvalue weighted by atomic mass is 10.2. The van der Waals surface area contributed by atoms with Gasteiger partial charge >= 0.3 is 0 Å². The minimum absolute atomic E-state index is 0.239. The van der Waals surface area contributed by atoms with Crippen LogP contribution < -0.4 is 0 Å². The van der Waals surface area contributed by atoms with Crippen molar-refractivity contribution >= 4 is 11.8 Å². The Bertz CT molecular complexity index is 222. The van der Waals surface area contributed by atoms with Crippen molar-refractivity contribution < 1.29 is 5.11 Å². The molecule has 1 unspecified atom stereocenters. The monoisotopic (exact) mass is 215 g/mol. The van der Waals surface area contributed by atoms with Gasteiger partial charge in [-0.3, -0.25) is 0 Å². The maximum atomic E-state index is 8.99. The van der Waals surface area contributed by atoms with Gasteiger partial charge in [-0.25, -0.2) is 0 Å². The summed E-state index contributed by atoms with van der Waals surface area (Å²) in [7, 11) is 0. The average Bonchev–Trinajstić information content (AvgIpc) is 2.13. The van der Waals surface area contributed by atoms with Gasteiger partial charge in [-0.2, -0.15) is 11.8 Å². The lowest BCUT2D eigenvalue weighted by Gasteiger charge is -2.01. The van der Waals surface area contributed by atoms with Crippen LogP contribution in [0.15, 0.2) is 16.8 Å². The van der Waals surface area contributed by atoms with Crippen molar-refractivity contribution in [2.45, 2.75) is 26.4 Å². The summed E-state index contributed by atoms with van der Waals surface area (Å²) >= 11 is 1.70. The number of aliphatic hydroxyl groups is 1. The molecule has 0 fully saturated rings. The molecule has 1 atom stereocenters. The van der Waals surface area contributed by atoms with E-state index >= 15 is 0 Å². The Balaban J connectivity index is 3.50. The predicted molar refractivity (Wildman–Crippen MR) is 61.4 cm³/mol. The molecule has 14 heavy (non-hydrogen) atoms. The first-order chi connectivity index (χ1) is 6.66. The van der Waals surface area contributed by atoms with Crippen LogP contribution in [0.2, 0.25) is 0 Å². The normalized spacial score (nSPS) is 13.5. The Morgan fingerprint density at radius 3 is 3.00 bits per heavy atom. The van der Waals surface area contributed by atoms with E-state index in [1.807, 2.05) is 6.92 Å². The molecule has 0 spiro atoms. The van der Waals surface area contributed by atoms with Gasteiger partial charge < -0.3 is 5.11 Å². The van der Waals surface area contributed by atoms with Gasteiger partial charge in [0.05, 0.1) is 6.10 Å². The number of azide groups is 1. The molecule has 0 aliphatic heterocycles. The fourth-order valence-corrected chi connectivity index (χ4v) is 1.69. The second-order valence-corrected chi connectivity index (χ2v) is 4.22. The van der Waals surface area contributed by atoms with Gasteiger partial charge in [-0.1, -0.05) is 16.8 Å². The smallest absolute Gasteiger partial charge is 0.0602 e. The summed E-state index contributed by atoms with van der Waals surface area (Å²) in [5.41, 5.74) is 9.29. The minimum atomic E-state index is -0.239. The van der Waals surface area contributed by atoms with E-state index in [0.29, 0.717) is 6.54 Å². The fourth-order valence-electron chi connectivity index (χ4n) is 0.813. The summed E-state index contributed by atoms with van der Waals surface area (Å²) in [5.74, 6) is 1.67. The van der Waals surface area contributed by atoms with Gasteiger partial charge in [0, 0.05) is 23.0 Å². The van der Waals surface area contributed by atoms with Crippen molar-refractivity contribution in [2.24, 2.45) is 5.11 Å². The number of rotatable bonds is 7. The first kappa shape index (κ1) is 13.4. The maximum absolute atomic E-state index is 8.99. The second kappa shape index (κ2) is 8.94. The first-order valence-corrected chi connectivity index (χ1v) is 5.74. The minimum Gasteiger partial charge on any atom is -0.393 e. The number of thioether (sulfide) groups is 1. The standard InChI is InChI=1S/C9H17N3OS/c1-8(3-5-11-12-10)4-6-14-7-9(2)13/h4,9,13H,3,5-7H2,1-2H3/b8-4+. The molecule has 0 amide bonds. The largest absolute Gasteiger partial charge is 0.393 e. The molecule has 0 aromatic heterocycles. The number of hydrogen-bond acceptors (Lipinski definition) is 3. The molecule has 4 nitrogen and oxygen atoms in total. The Kier molecular flexibility index (Phi) is 8.53. The Morgan fingerprint density at radius 2 is 2.43 bits per heavy atom. The van der Waals surface area contributed by atoms with Crippen molar-refractivity contribution in [3.05, 3.63) is 22.1 Å². The van der Waals surface area contributed by atoms with E-state index in [9.17, 15) is 0 Å². The number of nitrogens with zero attached hydrogens (tertiary/aromatic N) is 3. The summed E-state index contributed by atoms with van der Waals surface area (Å²) in [5, 5.41) is 12.5. The zero-order valence-corrected chi connectivity index (χ0v) is 9.50. The highest BCUT2D eigenvalue weighted by Crippen LogP contribution is 2.07. The van der Waals surface area contributed by atoms with Gasteiger partial charge in [0.25, 0.3) is 0 Å². The van der Waals surface area contributed by atoms with Crippen LogP contribution in [0.3, 0.4) is 0 Å². The molecule has 0 bridgehead atoms. The number of aliphatic hydroxyl groups excluding tert-OH is 1. The van der Waals surface area contributed by atoms with E-state index in [0.717, 1.165) is 17.9 Å². The Labute approximate surface area is 89.0 Å². The molecule has 0 aliphatic rings. The lowest BCUT2D eigenvalue weighted by molar-refractivity contribution is 0.220. The van der Waals surface area contributed by atoms with E-state index in [4.69, 9.17) is 10.6 Å². The molecule has 0 rings (SSSR count).